The van der Waals surface area contributed by atoms with Gasteiger partial charge in [0.25, 0.3) is 5.69 Å². The first-order valence-electron chi connectivity index (χ1n) is 9.07. The Morgan fingerprint density at radius 3 is 2.28 bits per heavy atom. The Balaban J connectivity index is 1.83. The molecular weight excluding hydrogens is 366 g/mol. The Kier molecular flexibility index (Phi) is 3.80. The van der Waals surface area contributed by atoms with Crippen LogP contribution < -0.4 is 0 Å². The molecule has 5 aromatic rings. The zero-order valence-corrected chi connectivity index (χ0v) is 15.5. The van der Waals surface area contributed by atoms with E-state index in [9.17, 15) is 10.1 Å². The zero-order chi connectivity index (χ0) is 20.0. The fraction of sp³-hybridized carbons (Fsp3) is 0.0455. The lowest BCUT2D eigenvalue weighted by atomic mass is 10.1. The van der Waals surface area contributed by atoms with E-state index in [4.69, 9.17) is 9.97 Å². The summed E-state index contributed by atoms with van der Waals surface area (Å²) in [6, 6.07) is 22.0. The predicted molar refractivity (Wildman–Crippen MR) is 111 cm³/mol. The molecule has 7 heteroatoms. The van der Waals surface area contributed by atoms with Crippen LogP contribution in [0.5, 0.6) is 0 Å². The molecule has 0 radical (unpaired) electrons. The largest absolute Gasteiger partial charge is 0.275 e. The lowest BCUT2D eigenvalue weighted by Crippen LogP contribution is -2.00. The molecule has 140 valence electrons. The Labute approximate surface area is 165 Å². The number of hydrogen-bond acceptors (Lipinski definition) is 5. The average Bonchev–Trinajstić information content (AvgIpc) is 3.10. The summed E-state index contributed by atoms with van der Waals surface area (Å²) in [4.78, 5) is 24.8. The van der Waals surface area contributed by atoms with Gasteiger partial charge in [-0.1, -0.05) is 24.3 Å². The lowest BCUT2D eigenvalue weighted by molar-refractivity contribution is -0.384. The summed E-state index contributed by atoms with van der Waals surface area (Å²) in [5.74, 6) is 0.635. The van der Waals surface area contributed by atoms with Crippen LogP contribution in [0.1, 0.15) is 5.56 Å². The van der Waals surface area contributed by atoms with Crippen molar-refractivity contribution in [3.8, 4) is 17.1 Å². The van der Waals surface area contributed by atoms with Crippen molar-refractivity contribution in [2.24, 2.45) is 0 Å². The average molecular weight is 381 g/mol. The van der Waals surface area contributed by atoms with E-state index >= 15 is 0 Å². The highest BCUT2D eigenvalue weighted by Gasteiger charge is 2.18. The van der Waals surface area contributed by atoms with E-state index in [1.54, 1.807) is 12.1 Å². The number of para-hydroxylation sites is 2. The summed E-state index contributed by atoms with van der Waals surface area (Å²) in [5, 5.41) is 11.0. The topological polar surface area (TPSA) is 86.7 Å². The van der Waals surface area contributed by atoms with Crippen molar-refractivity contribution in [2.45, 2.75) is 6.92 Å². The number of rotatable bonds is 3. The molecule has 29 heavy (non-hydrogen) atoms. The van der Waals surface area contributed by atoms with Crippen LogP contribution in [0.15, 0.2) is 72.8 Å². The van der Waals surface area contributed by atoms with Crippen LogP contribution in [0, 0.1) is 17.0 Å². The van der Waals surface area contributed by atoms with Crippen LogP contribution in [0.2, 0.25) is 0 Å². The number of benzene rings is 3. The van der Waals surface area contributed by atoms with E-state index in [0.29, 0.717) is 17.1 Å². The number of fused-ring (bicyclic) bond motifs is 2. The Hall–Kier alpha value is -4.13. The molecule has 3 aromatic carbocycles. The molecule has 0 amide bonds. The quantitative estimate of drug-likeness (QED) is 0.329. The van der Waals surface area contributed by atoms with Crippen molar-refractivity contribution >= 4 is 28.0 Å². The van der Waals surface area contributed by atoms with Crippen LogP contribution in [-0.4, -0.2) is 24.4 Å². The summed E-state index contributed by atoms with van der Waals surface area (Å²) in [7, 11) is 0. The molecule has 0 aliphatic heterocycles. The molecule has 0 unspecified atom stereocenters. The van der Waals surface area contributed by atoms with Gasteiger partial charge in [0.15, 0.2) is 11.3 Å². The van der Waals surface area contributed by atoms with Gasteiger partial charge in [-0.3, -0.25) is 14.7 Å². The number of aromatic nitrogens is 4. The van der Waals surface area contributed by atoms with E-state index in [1.807, 2.05) is 60.0 Å². The predicted octanol–water partition coefficient (Wildman–Crippen LogP) is 4.85. The van der Waals surface area contributed by atoms with Crippen molar-refractivity contribution in [3.05, 3.63) is 88.5 Å². The van der Waals surface area contributed by atoms with Crippen molar-refractivity contribution in [3.63, 3.8) is 0 Å². The number of nitro benzene ring substituents is 1. The molecule has 2 heterocycles. The molecule has 0 bridgehead atoms. The van der Waals surface area contributed by atoms with Gasteiger partial charge >= 0.3 is 0 Å². The minimum absolute atomic E-state index is 0.0361. The van der Waals surface area contributed by atoms with Gasteiger partial charge < -0.3 is 0 Å². The Morgan fingerprint density at radius 1 is 0.862 bits per heavy atom. The summed E-state index contributed by atoms with van der Waals surface area (Å²) in [5.41, 5.74) is 5.52. The first kappa shape index (κ1) is 17.0. The van der Waals surface area contributed by atoms with Crippen molar-refractivity contribution < 1.29 is 4.92 Å². The number of nitro groups is 1. The second kappa shape index (κ2) is 6.49. The van der Waals surface area contributed by atoms with E-state index in [1.165, 1.54) is 12.1 Å². The summed E-state index contributed by atoms with van der Waals surface area (Å²) < 4.78 is 1.95. The third-order valence-corrected chi connectivity index (χ3v) is 4.77. The molecule has 2 aromatic heterocycles. The maximum Gasteiger partial charge on any atom is 0.269 e. The van der Waals surface area contributed by atoms with Crippen LogP contribution in [0.25, 0.3) is 39.4 Å². The Bertz CT molecular complexity index is 1390. The fourth-order valence-corrected chi connectivity index (χ4v) is 3.39. The molecule has 0 atom stereocenters. The maximum atomic E-state index is 11.0. The monoisotopic (exact) mass is 381 g/mol. The third kappa shape index (κ3) is 2.89. The Morgan fingerprint density at radius 2 is 1.59 bits per heavy atom. The normalized spacial score (nSPS) is 11.2. The molecule has 0 spiro atoms. The van der Waals surface area contributed by atoms with E-state index in [0.717, 1.165) is 27.8 Å². The van der Waals surface area contributed by atoms with Gasteiger partial charge in [0.1, 0.15) is 5.82 Å². The van der Waals surface area contributed by atoms with Gasteiger partial charge in [0.2, 0.25) is 0 Å². The van der Waals surface area contributed by atoms with Gasteiger partial charge in [-0.2, -0.15) is 0 Å². The molecule has 0 aliphatic rings. The van der Waals surface area contributed by atoms with Gasteiger partial charge in [0.05, 0.1) is 16.0 Å². The standard InChI is InChI=1S/C22H15N5O2/c1-14-5-4-6-17(13-14)26-21(15-9-11-16(12-10-15)27(28)29)25-20-22(26)24-19-8-3-2-7-18(19)23-20/h2-13H,1H3. The number of hydrogen-bond donors (Lipinski definition) is 0. The third-order valence-electron chi connectivity index (χ3n) is 4.77. The summed E-state index contributed by atoms with van der Waals surface area (Å²) in [6.45, 7) is 2.02. The van der Waals surface area contributed by atoms with Crippen LogP contribution in [-0.2, 0) is 0 Å². The minimum Gasteiger partial charge on any atom is -0.275 e. The fourth-order valence-electron chi connectivity index (χ4n) is 3.39. The van der Waals surface area contributed by atoms with Gasteiger partial charge in [-0.05, 0) is 48.9 Å². The summed E-state index contributed by atoms with van der Waals surface area (Å²) >= 11 is 0. The number of non-ortho nitro benzene ring substituents is 1. The molecule has 5 rings (SSSR count). The minimum atomic E-state index is -0.414. The molecule has 0 N–H and O–H groups in total. The maximum absolute atomic E-state index is 11.0. The molecule has 0 aliphatic carbocycles. The van der Waals surface area contributed by atoms with Gasteiger partial charge in [-0.25, -0.2) is 15.0 Å². The summed E-state index contributed by atoms with van der Waals surface area (Å²) in [6.07, 6.45) is 0. The number of imidazole rings is 1. The highest BCUT2D eigenvalue weighted by molar-refractivity contribution is 5.86. The van der Waals surface area contributed by atoms with Crippen molar-refractivity contribution in [1.82, 2.24) is 19.5 Å². The van der Waals surface area contributed by atoms with Crippen LogP contribution >= 0.6 is 0 Å². The molecule has 7 nitrogen and oxygen atoms in total. The number of aryl methyl sites for hydroxylation is 1. The SMILES string of the molecule is Cc1cccc(-n2c(-c3ccc([N+](=O)[O-])cc3)nc3nc4ccccc4nc32)c1. The lowest BCUT2D eigenvalue weighted by Gasteiger charge is -2.10. The van der Waals surface area contributed by atoms with Crippen LogP contribution in [0.4, 0.5) is 5.69 Å². The van der Waals surface area contributed by atoms with Gasteiger partial charge in [-0.15, -0.1) is 0 Å². The highest BCUT2D eigenvalue weighted by atomic mass is 16.6. The molecule has 0 fully saturated rings. The van der Waals surface area contributed by atoms with Crippen LogP contribution in [0.3, 0.4) is 0 Å². The zero-order valence-electron chi connectivity index (χ0n) is 15.5. The number of nitrogens with zero attached hydrogens (tertiary/aromatic N) is 5. The molecule has 0 saturated carbocycles. The highest BCUT2D eigenvalue weighted by Crippen LogP contribution is 2.29. The van der Waals surface area contributed by atoms with Crippen molar-refractivity contribution in [1.29, 1.82) is 0 Å². The first-order chi connectivity index (χ1) is 14.1. The van der Waals surface area contributed by atoms with E-state index in [2.05, 4.69) is 4.98 Å². The van der Waals surface area contributed by atoms with E-state index < -0.39 is 4.92 Å². The second-order valence-electron chi connectivity index (χ2n) is 6.77. The smallest absolute Gasteiger partial charge is 0.269 e. The second-order valence-corrected chi connectivity index (χ2v) is 6.77. The van der Waals surface area contributed by atoms with Crippen molar-refractivity contribution in [2.75, 3.05) is 0 Å². The molecule has 0 saturated heterocycles. The first-order valence-corrected chi connectivity index (χ1v) is 9.07. The van der Waals surface area contributed by atoms with Gasteiger partial charge in [0, 0.05) is 23.4 Å². The van der Waals surface area contributed by atoms with E-state index in [-0.39, 0.29) is 5.69 Å². The molecular formula is C22H15N5O2.